The van der Waals surface area contributed by atoms with E-state index in [1.807, 2.05) is 24.3 Å². The maximum atomic E-state index is 13.7. The Kier molecular flexibility index (Phi) is 6.36. The van der Waals surface area contributed by atoms with Crippen LogP contribution in [0.3, 0.4) is 0 Å². The Morgan fingerprint density at radius 3 is 2.59 bits per heavy atom. The number of amides is 3. The molecule has 2 aromatic carbocycles. The topological polar surface area (TPSA) is 106 Å². The van der Waals surface area contributed by atoms with E-state index in [4.69, 9.17) is 16.3 Å². The molecular weight excluding hydrogens is 501 g/mol. The van der Waals surface area contributed by atoms with Crippen LogP contribution in [0, 0.1) is 5.82 Å². The number of ether oxygens (including phenoxy) is 1. The lowest BCUT2D eigenvalue weighted by atomic mass is 9.93. The minimum absolute atomic E-state index is 0.0217. The Morgan fingerprint density at radius 2 is 1.95 bits per heavy atom. The summed E-state index contributed by atoms with van der Waals surface area (Å²) in [6.07, 6.45) is 2.93. The number of nitrogens with one attached hydrogen (secondary N) is 2. The van der Waals surface area contributed by atoms with Crippen LogP contribution in [0.5, 0.6) is 5.75 Å². The molecule has 11 heteroatoms. The van der Waals surface area contributed by atoms with Crippen molar-refractivity contribution in [1.29, 1.82) is 0 Å². The molecule has 1 aromatic heterocycles. The second kappa shape index (κ2) is 9.51. The number of carbonyl (C=O) groups excluding carboxylic acids is 3. The first-order valence-corrected chi connectivity index (χ1v) is 12.2. The number of methoxy groups -OCH3 is 1. The van der Waals surface area contributed by atoms with Crippen molar-refractivity contribution >= 4 is 35.0 Å². The molecule has 5 rings (SSSR count). The number of rotatable bonds is 7. The standard InChI is InChI=1S/C26H25ClFN5O4/c1-26(25(36)29-12-15-3-8-18(37-2)9-4-15)13-32-14-30-21(22(32)24(35)33(26)17-6-7-17)23(34)31-20-10-5-16(28)11-19(20)27/h3-5,8-11,14,17H,6-7,12-13H2,1-2H3,(H,29,36)(H,31,34). The Bertz CT molecular complexity index is 1390. The number of anilines is 1. The predicted octanol–water partition coefficient (Wildman–Crippen LogP) is 3.63. The van der Waals surface area contributed by atoms with Crippen LogP contribution in [-0.2, 0) is 17.9 Å². The fourth-order valence-electron chi connectivity index (χ4n) is 4.61. The molecule has 1 unspecified atom stereocenters. The first-order chi connectivity index (χ1) is 17.7. The Morgan fingerprint density at radius 1 is 1.22 bits per heavy atom. The average Bonchev–Trinajstić information content (AvgIpc) is 3.62. The largest absolute Gasteiger partial charge is 0.497 e. The highest BCUT2D eigenvalue weighted by molar-refractivity contribution is 6.34. The maximum Gasteiger partial charge on any atom is 0.276 e. The number of fused-ring (bicyclic) bond motifs is 1. The second-order valence-electron chi connectivity index (χ2n) is 9.36. The van der Waals surface area contributed by atoms with Gasteiger partial charge in [-0.25, -0.2) is 9.37 Å². The van der Waals surface area contributed by atoms with Gasteiger partial charge in [-0.2, -0.15) is 0 Å². The van der Waals surface area contributed by atoms with Crippen molar-refractivity contribution in [2.24, 2.45) is 0 Å². The Balaban J connectivity index is 1.38. The molecule has 37 heavy (non-hydrogen) atoms. The number of imidazole rings is 1. The number of halogens is 2. The first-order valence-electron chi connectivity index (χ1n) is 11.8. The van der Waals surface area contributed by atoms with Crippen molar-refractivity contribution in [3.8, 4) is 5.75 Å². The summed E-state index contributed by atoms with van der Waals surface area (Å²) >= 11 is 6.04. The summed E-state index contributed by atoms with van der Waals surface area (Å²) < 4.78 is 20.1. The zero-order valence-electron chi connectivity index (χ0n) is 20.3. The third kappa shape index (κ3) is 4.64. The summed E-state index contributed by atoms with van der Waals surface area (Å²) in [6.45, 7) is 2.15. The van der Waals surface area contributed by atoms with Crippen LogP contribution in [0.4, 0.5) is 10.1 Å². The fourth-order valence-corrected chi connectivity index (χ4v) is 4.82. The minimum Gasteiger partial charge on any atom is -0.497 e. The van der Waals surface area contributed by atoms with Gasteiger partial charge < -0.3 is 24.8 Å². The monoisotopic (exact) mass is 525 g/mol. The van der Waals surface area contributed by atoms with Crippen LogP contribution in [0.25, 0.3) is 0 Å². The highest BCUT2D eigenvalue weighted by Crippen LogP contribution is 2.39. The summed E-state index contributed by atoms with van der Waals surface area (Å²) in [5.74, 6) is -1.22. The zero-order valence-corrected chi connectivity index (χ0v) is 21.0. The van der Waals surface area contributed by atoms with Gasteiger partial charge in [0.25, 0.3) is 11.8 Å². The summed E-state index contributed by atoms with van der Waals surface area (Å²) in [7, 11) is 1.58. The lowest BCUT2D eigenvalue weighted by Gasteiger charge is -2.44. The smallest absolute Gasteiger partial charge is 0.276 e. The number of nitrogens with zero attached hydrogens (tertiary/aromatic N) is 3. The maximum absolute atomic E-state index is 13.7. The molecule has 2 N–H and O–H groups in total. The molecular formula is C26H25ClFN5O4. The van der Waals surface area contributed by atoms with Gasteiger partial charge in [0.2, 0.25) is 5.91 Å². The van der Waals surface area contributed by atoms with Crippen molar-refractivity contribution in [2.75, 3.05) is 12.4 Å². The molecule has 2 aliphatic rings. The van der Waals surface area contributed by atoms with Gasteiger partial charge in [0.05, 0.1) is 30.7 Å². The molecule has 192 valence electrons. The first kappa shape index (κ1) is 24.8. The molecule has 0 radical (unpaired) electrons. The van der Waals surface area contributed by atoms with Crippen molar-refractivity contribution < 1.29 is 23.5 Å². The predicted molar refractivity (Wildman–Crippen MR) is 134 cm³/mol. The van der Waals surface area contributed by atoms with Crippen LogP contribution < -0.4 is 15.4 Å². The van der Waals surface area contributed by atoms with Gasteiger partial charge >= 0.3 is 0 Å². The van der Waals surface area contributed by atoms with Crippen molar-refractivity contribution in [3.63, 3.8) is 0 Å². The molecule has 0 spiro atoms. The van der Waals surface area contributed by atoms with E-state index in [9.17, 15) is 18.8 Å². The van der Waals surface area contributed by atoms with E-state index in [-0.39, 0.29) is 47.1 Å². The van der Waals surface area contributed by atoms with Crippen LogP contribution in [0.2, 0.25) is 5.02 Å². The van der Waals surface area contributed by atoms with E-state index in [0.29, 0.717) is 5.75 Å². The number of carbonyl (C=O) groups is 3. The summed E-state index contributed by atoms with van der Waals surface area (Å²) in [5, 5.41) is 5.56. The number of hydrogen-bond acceptors (Lipinski definition) is 5. The molecule has 9 nitrogen and oxygen atoms in total. The van der Waals surface area contributed by atoms with E-state index in [2.05, 4.69) is 15.6 Å². The lowest BCUT2D eigenvalue weighted by Crippen LogP contribution is -2.64. The molecule has 0 saturated heterocycles. The van der Waals surface area contributed by atoms with E-state index in [1.165, 1.54) is 23.0 Å². The molecule has 1 aliphatic heterocycles. The van der Waals surface area contributed by atoms with Crippen molar-refractivity contribution in [1.82, 2.24) is 19.8 Å². The normalized spacial score (nSPS) is 18.8. The number of benzene rings is 2. The molecule has 1 fully saturated rings. The zero-order chi connectivity index (χ0) is 26.3. The third-order valence-corrected chi connectivity index (χ3v) is 6.99. The van der Waals surface area contributed by atoms with E-state index in [0.717, 1.165) is 24.5 Å². The average molecular weight is 526 g/mol. The molecule has 1 aliphatic carbocycles. The molecule has 3 aromatic rings. The number of hydrogen-bond donors (Lipinski definition) is 2. The second-order valence-corrected chi connectivity index (χ2v) is 9.77. The van der Waals surface area contributed by atoms with Gasteiger partial charge in [0, 0.05) is 12.6 Å². The van der Waals surface area contributed by atoms with Crippen molar-refractivity contribution in [3.05, 3.63) is 76.6 Å². The van der Waals surface area contributed by atoms with Gasteiger partial charge in [-0.05, 0) is 55.7 Å². The van der Waals surface area contributed by atoms with Gasteiger partial charge in [-0.1, -0.05) is 23.7 Å². The molecule has 0 bridgehead atoms. The van der Waals surface area contributed by atoms with Gasteiger partial charge in [-0.3, -0.25) is 14.4 Å². The highest BCUT2D eigenvalue weighted by Gasteiger charge is 2.53. The van der Waals surface area contributed by atoms with E-state index in [1.54, 1.807) is 18.9 Å². The molecule has 2 heterocycles. The summed E-state index contributed by atoms with van der Waals surface area (Å²) in [5.41, 5.74) is -0.0776. The van der Waals surface area contributed by atoms with E-state index >= 15 is 0 Å². The van der Waals surface area contributed by atoms with Gasteiger partial charge in [0.1, 0.15) is 22.8 Å². The van der Waals surface area contributed by atoms with Crippen LogP contribution in [0.15, 0.2) is 48.8 Å². The molecule has 1 atom stereocenters. The Labute approximate surface area is 217 Å². The highest BCUT2D eigenvalue weighted by atomic mass is 35.5. The summed E-state index contributed by atoms with van der Waals surface area (Å²) in [6, 6.07) is 10.8. The van der Waals surface area contributed by atoms with Crippen LogP contribution in [0.1, 0.15) is 46.3 Å². The van der Waals surface area contributed by atoms with Crippen LogP contribution >= 0.6 is 11.6 Å². The Hall–Kier alpha value is -3.92. The van der Waals surface area contributed by atoms with Gasteiger partial charge in [0.15, 0.2) is 5.69 Å². The van der Waals surface area contributed by atoms with E-state index < -0.39 is 23.2 Å². The van der Waals surface area contributed by atoms with Crippen molar-refractivity contribution in [2.45, 2.75) is 44.4 Å². The summed E-state index contributed by atoms with van der Waals surface area (Å²) in [4.78, 5) is 46.0. The van der Waals surface area contributed by atoms with Gasteiger partial charge in [-0.15, -0.1) is 0 Å². The number of aromatic nitrogens is 2. The van der Waals surface area contributed by atoms with Crippen LogP contribution in [-0.4, -0.2) is 50.9 Å². The molecule has 3 amide bonds. The third-order valence-electron chi connectivity index (χ3n) is 6.68. The molecule has 1 saturated carbocycles. The fraction of sp³-hybridized carbons (Fsp3) is 0.308. The SMILES string of the molecule is COc1ccc(CNC(=O)C2(C)Cn3cnc(C(=O)Nc4ccc(F)cc4Cl)c3C(=O)N2C2CC2)cc1. The lowest BCUT2D eigenvalue weighted by molar-refractivity contribution is -0.133. The minimum atomic E-state index is -1.17. The quantitative estimate of drug-likeness (QED) is 0.490.